The van der Waals surface area contributed by atoms with Crippen LogP contribution in [0.1, 0.15) is 5.56 Å². The molecule has 1 aliphatic rings. The van der Waals surface area contributed by atoms with Gasteiger partial charge in [-0.25, -0.2) is 4.39 Å². The Labute approximate surface area is 162 Å². The zero-order valence-corrected chi connectivity index (χ0v) is 15.6. The molecule has 3 rings (SSSR count). The van der Waals surface area contributed by atoms with E-state index >= 15 is 0 Å². The molecule has 8 heteroatoms. The monoisotopic (exact) mass is 417 g/mol. The molecule has 122 valence electrons. The number of hydrogen-bond donors (Lipinski definition) is 0. The highest BCUT2D eigenvalue weighted by atomic mass is 35.5. The minimum atomic E-state index is -0.561. The lowest BCUT2D eigenvalue weighted by Crippen LogP contribution is -2.27. The summed E-state index contributed by atoms with van der Waals surface area (Å²) in [5, 5.41) is 0.856. The summed E-state index contributed by atoms with van der Waals surface area (Å²) in [6.45, 7) is 0. The number of thiocarbonyl (C=S) groups is 1. The van der Waals surface area contributed by atoms with E-state index in [-0.39, 0.29) is 10.9 Å². The Balaban J connectivity index is 1.96. The van der Waals surface area contributed by atoms with Crippen LogP contribution in [0.3, 0.4) is 0 Å². The number of rotatable bonds is 2. The molecular formula is C16H7Cl3FNOS2. The highest BCUT2D eigenvalue weighted by Crippen LogP contribution is 2.38. The van der Waals surface area contributed by atoms with E-state index < -0.39 is 5.82 Å². The number of thioether (sulfide) groups is 1. The molecule has 0 bridgehead atoms. The molecule has 1 fully saturated rings. The molecule has 0 atom stereocenters. The Kier molecular flexibility index (Phi) is 5.18. The van der Waals surface area contributed by atoms with E-state index in [0.717, 1.165) is 11.8 Å². The van der Waals surface area contributed by atoms with Crippen LogP contribution in [0.5, 0.6) is 0 Å². The average Bonchev–Trinajstić information content (AvgIpc) is 2.79. The van der Waals surface area contributed by atoms with E-state index in [1.165, 1.54) is 23.1 Å². The normalized spacial score (nSPS) is 16.3. The topological polar surface area (TPSA) is 20.3 Å². The van der Waals surface area contributed by atoms with Crippen molar-refractivity contribution in [2.75, 3.05) is 4.90 Å². The van der Waals surface area contributed by atoms with Crippen molar-refractivity contribution in [3.8, 4) is 0 Å². The quantitative estimate of drug-likeness (QED) is 0.428. The zero-order valence-electron chi connectivity index (χ0n) is 11.7. The first kappa shape index (κ1) is 17.7. The molecule has 0 spiro atoms. The minimum Gasteiger partial charge on any atom is -0.268 e. The molecule has 1 aliphatic heterocycles. The van der Waals surface area contributed by atoms with Gasteiger partial charge in [-0.3, -0.25) is 9.69 Å². The van der Waals surface area contributed by atoms with E-state index in [4.69, 9.17) is 47.0 Å². The molecule has 1 heterocycles. The molecule has 0 aromatic heterocycles. The lowest BCUT2D eigenvalue weighted by Gasteiger charge is -2.14. The van der Waals surface area contributed by atoms with Crippen LogP contribution in [-0.2, 0) is 4.79 Å². The Morgan fingerprint density at radius 1 is 1.08 bits per heavy atom. The van der Waals surface area contributed by atoms with Crippen molar-refractivity contribution >= 4 is 80.8 Å². The molecule has 0 unspecified atom stereocenters. The van der Waals surface area contributed by atoms with Gasteiger partial charge in [-0.05, 0) is 42.0 Å². The number of halogens is 4. The first-order valence-electron chi connectivity index (χ1n) is 6.55. The summed E-state index contributed by atoms with van der Waals surface area (Å²) in [7, 11) is 0. The maximum atomic E-state index is 13.3. The third kappa shape index (κ3) is 3.46. The maximum absolute atomic E-state index is 13.3. The molecule has 0 N–H and O–H groups in total. The van der Waals surface area contributed by atoms with Crippen LogP contribution in [-0.4, -0.2) is 10.2 Å². The number of carbonyl (C=O) groups excluding carboxylic acids is 1. The summed E-state index contributed by atoms with van der Waals surface area (Å²) < 4.78 is 13.6. The number of hydrogen-bond acceptors (Lipinski definition) is 3. The van der Waals surface area contributed by atoms with E-state index in [2.05, 4.69) is 0 Å². The van der Waals surface area contributed by atoms with Crippen LogP contribution in [0.15, 0.2) is 41.3 Å². The van der Waals surface area contributed by atoms with Crippen LogP contribution >= 0.6 is 58.8 Å². The number of nitrogens with zero attached hydrogens (tertiary/aromatic N) is 1. The molecule has 0 saturated carbocycles. The predicted molar refractivity (Wildman–Crippen MR) is 104 cm³/mol. The third-order valence-electron chi connectivity index (χ3n) is 3.20. The fraction of sp³-hybridized carbons (Fsp3) is 0. The average molecular weight is 419 g/mol. The first-order chi connectivity index (χ1) is 11.4. The summed E-state index contributed by atoms with van der Waals surface area (Å²) >= 11 is 24.2. The van der Waals surface area contributed by atoms with Crippen molar-refractivity contribution in [1.29, 1.82) is 0 Å². The van der Waals surface area contributed by atoms with Gasteiger partial charge in [0.05, 0.1) is 15.6 Å². The van der Waals surface area contributed by atoms with Crippen LogP contribution in [0, 0.1) is 5.82 Å². The second kappa shape index (κ2) is 7.02. The molecule has 0 radical (unpaired) electrons. The Bertz CT molecular complexity index is 901. The summed E-state index contributed by atoms with van der Waals surface area (Å²) in [5.41, 5.74) is 1.06. The van der Waals surface area contributed by atoms with Gasteiger partial charge >= 0.3 is 0 Å². The van der Waals surface area contributed by atoms with Crippen LogP contribution in [0.25, 0.3) is 6.08 Å². The summed E-state index contributed by atoms with van der Waals surface area (Å²) in [6.07, 6.45) is 1.64. The lowest BCUT2D eigenvalue weighted by atomic mass is 10.2. The standard InChI is InChI=1S/C16H7Cl3FNOS2/c17-9-2-1-8(11(18)6-9)5-14-15(22)21(16(23)24-14)10-3-4-13(20)12(19)7-10/h1-7H/b14-5+. The first-order valence-corrected chi connectivity index (χ1v) is 8.91. The number of amides is 1. The molecule has 2 aromatic rings. The SMILES string of the molecule is O=C1/C(=C\c2ccc(Cl)cc2Cl)SC(=S)N1c1ccc(F)c(Cl)c1. The van der Waals surface area contributed by atoms with Crippen molar-refractivity contribution < 1.29 is 9.18 Å². The van der Waals surface area contributed by atoms with E-state index in [1.54, 1.807) is 24.3 Å². The molecule has 0 aliphatic carbocycles. The Hall–Kier alpha value is -1.11. The molecule has 1 saturated heterocycles. The van der Waals surface area contributed by atoms with Gasteiger partial charge in [-0.15, -0.1) is 0 Å². The van der Waals surface area contributed by atoms with E-state index in [9.17, 15) is 9.18 Å². The highest BCUT2D eigenvalue weighted by Gasteiger charge is 2.33. The number of carbonyl (C=O) groups is 1. The predicted octanol–water partition coefficient (Wildman–Crippen LogP) is 6.19. The van der Waals surface area contributed by atoms with Gasteiger partial charge in [0.15, 0.2) is 4.32 Å². The molecule has 2 nitrogen and oxygen atoms in total. The fourth-order valence-electron chi connectivity index (χ4n) is 2.07. The second-order valence-electron chi connectivity index (χ2n) is 4.78. The number of benzene rings is 2. The minimum absolute atomic E-state index is 0.0775. The van der Waals surface area contributed by atoms with Gasteiger partial charge in [0, 0.05) is 10.0 Å². The Morgan fingerprint density at radius 3 is 2.50 bits per heavy atom. The highest BCUT2D eigenvalue weighted by molar-refractivity contribution is 8.27. The molecule has 2 aromatic carbocycles. The fourth-order valence-corrected chi connectivity index (χ4v) is 4.00. The molecule has 1 amide bonds. The zero-order chi connectivity index (χ0) is 17.4. The van der Waals surface area contributed by atoms with Gasteiger partial charge in [0.25, 0.3) is 5.91 Å². The smallest absolute Gasteiger partial charge is 0.268 e. The third-order valence-corrected chi connectivity index (χ3v) is 5.36. The van der Waals surface area contributed by atoms with Crippen molar-refractivity contribution in [3.05, 3.63) is 67.8 Å². The van der Waals surface area contributed by atoms with E-state index in [1.807, 2.05) is 0 Å². The van der Waals surface area contributed by atoms with Crippen molar-refractivity contribution in [2.24, 2.45) is 0 Å². The molecular weight excluding hydrogens is 412 g/mol. The Morgan fingerprint density at radius 2 is 1.83 bits per heavy atom. The van der Waals surface area contributed by atoms with E-state index in [0.29, 0.717) is 30.5 Å². The van der Waals surface area contributed by atoms with Gasteiger partial charge < -0.3 is 0 Å². The van der Waals surface area contributed by atoms with Crippen LogP contribution < -0.4 is 4.90 Å². The maximum Gasteiger partial charge on any atom is 0.270 e. The second-order valence-corrected chi connectivity index (χ2v) is 7.71. The van der Waals surface area contributed by atoms with Gasteiger partial charge in [0.1, 0.15) is 5.82 Å². The summed E-state index contributed by atoms with van der Waals surface area (Å²) in [6, 6.07) is 8.99. The largest absolute Gasteiger partial charge is 0.270 e. The lowest BCUT2D eigenvalue weighted by molar-refractivity contribution is -0.113. The van der Waals surface area contributed by atoms with Crippen LogP contribution in [0.2, 0.25) is 15.1 Å². The number of anilines is 1. The van der Waals surface area contributed by atoms with Crippen LogP contribution in [0.4, 0.5) is 10.1 Å². The van der Waals surface area contributed by atoms with Crippen molar-refractivity contribution in [3.63, 3.8) is 0 Å². The van der Waals surface area contributed by atoms with Crippen molar-refractivity contribution in [2.45, 2.75) is 0 Å². The summed E-state index contributed by atoms with van der Waals surface area (Å²) in [4.78, 5) is 14.4. The van der Waals surface area contributed by atoms with Gasteiger partial charge in [-0.1, -0.05) is 64.8 Å². The molecule has 24 heavy (non-hydrogen) atoms. The van der Waals surface area contributed by atoms with Gasteiger partial charge in [0.2, 0.25) is 0 Å². The van der Waals surface area contributed by atoms with Crippen molar-refractivity contribution in [1.82, 2.24) is 0 Å². The van der Waals surface area contributed by atoms with Gasteiger partial charge in [-0.2, -0.15) is 0 Å². The summed E-state index contributed by atoms with van der Waals surface area (Å²) in [5.74, 6) is -0.881.